The van der Waals surface area contributed by atoms with Gasteiger partial charge >= 0.3 is 0 Å². The van der Waals surface area contributed by atoms with Crippen molar-refractivity contribution in [3.05, 3.63) is 17.1 Å². The quantitative estimate of drug-likeness (QED) is 0.599. The molecule has 136 valence electrons. The van der Waals surface area contributed by atoms with Crippen LogP contribution in [0.4, 0.5) is 0 Å². The van der Waals surface area contributed by atoms with E-state index < -0.39 is 15.9 Å². The summed E-state index contributed by atoms with van der Waals surface area (Å²) in [7, 11) is -4.18. The number of hydrogen-bond acceptors (Lipinski definition) is 6. The molecule has 0 saturated heterocycles. The SMILES string of the molecule is Cc1sc2cc3c(cc2[n+]1CCCS(=O)(=O)[O-])OC1(CCCCC1)O3. The molecule has 8 heteroatoms. The summed E-state index contributed by atoms with van der Waals surface area (Å²) in [6.45, 7) is 2.49. The summed E-state index contributed by atoms with van der Waals surface area (Å²) in [5, 5.41) is 1.06. The molecule has 6 nitrogen and oxygen atoms in total. The van der Waals surface area contributed by atoms with Crippen LogP contribution < -0.4 is 14.0 Å². The summed E-state index contributed by atoms with van der Waals surface area (Å²) in [5.74, 6) is 0.715. The van der Waals surface area contributed by atoms with Gasteiger partial charge in [-0.3, -0.25) is 0 Å². The predicted octanol–water partition coefficient (Wildman–Crippen LogP) is 2.86. The van der Waals surface area contributed by atoms with Gasteiger partial charge in [-0.2, -0.15) is 4.57 Å². The van der Waals surface area contributed by atoms with Gasteiger partial charge in [0, 0.05) is 38.0 Å². The van der Waals surface area contributed by atoms with E-state index in [0.717, 1.165) is 52.4 Å². The van der Waals surface area contributed by atoms with Crippen molar-refractivity contribution in [2.45, 2.75) is 57.8 Å². The van der Waals surface area contributed by atoms with Crippen LogP contribution in [-0.4, -0.2) is 24.5 Å². The summed E-state index contributed by atoms with van der Waals surface area (Å²) < 4.78 is 48.0. The van der Waals surface area contributed by atoms with Crippen molar-refractivity contribution in [2.75, 3.05) is 5.75 Å². The molecule has 2 aliphatic rings. The van der Waals surface area contributed by atoms with Gasteiger partial charge in [-0.15, -0.1) is 0 Å². The Kier molecular flexibility index (Phi) is 4.16. The van der Waals surface area contributed by atoms with E-state index in [1.54, 1.807) is 11.3 Å². The third kappa shape index (κ3) is 3.35. The third-order valence-electron chi connectivity index (χ3n) is 4.94. The second-order valence-electron chi connectivity index (χ2n) is 6.83. The van der Waals surface area contributed by atoms with Crippen LogP contribution in [-0.2, 0) is 16.7 Å². The standard InChI is InChI=1S/C17H21NO5S2/c1-12-18(8-5-9-25(19,20)21)13-10-14-15(11-16(13)24-12)23-17(22-14)6-3-2-4-7-17/h10-11H,2-9H2,1H3. The van der Waals surface area contributed by atoms with E-state index in [0.29, 0.717) is 13.0 Å². The Balaban J connectivity index is 1.62. The Morgan fingerprint density at radius 2 is 1.88 bits per heavy atom. The van der Waals surface area contributed by atoms with Crippen molar-refractivity contribution < 1.29 is 27.0 Å². The van der Waals surface area contributed by atoms with Crippen LogP contribution in [0.15, 0.2) is 12.1 Å². The summed E-state index contributed by atoms with van der Waals surface area (Å²) in [6, 6.07) is 4.01. The molecule has 1 aromatic carbocycles. The lowest BCUT2D eigenvalue weighted by molar-refractivity contribution is -0.672. The number of rotatable bonds is 4. The zero-order valence-electron chi connectivity index (χ0n) is 14.1. The smallest absolute Gasteiger partial charge is 0.251 e. The average Bonchev–Trinajstić information content (AvgIpc) is 3.01. The van der Waals surface area contributed by atoms with Crippen LogP contribution in [0, 0.1) is 6.92 Å². The van der Waals surface area contributed by atoms with E-state index in [-0.39, 0.29) is 5.75 Å². The Bertz CT molecular complexity index is 913. The van der Waals surface area contributed by atoms with Crippen molar-refractivity contribution >= 4 is 31.7 Å². The molecule has 4 rings (SSSR count). The fourth-order valence-electron chi connectivity index (χ4n) is 3.76. The second-order valence-corrected chi connectivity index (χ2v) is 9.59. The van der Waals surface area contributed by atoms with Crippen LogP contribution in [0.3, 0.4) is 0 Å². The highest BCUT2D eigenvalue weighted by molar-refractivity contribution is 7.85. The van der Waals surface area contributed by atoms with Crippen LogP contribution in [0.5, 0.6) is 11.5 Å². The zero-order chi connectivity index (χ0) is 17.7. The number of ether oxygens (including phenoxy) is 2. The van der Waals surface area contributed by atoms with Crippen molar-refractivity contribution in [2.24, 2.45) is 0 Å². The van der Waals surface area contributed by atoms with Crippen molar-refractivity contribution in [1.82, 2.24) is 0 Å². The monoisotopic (exact) mass is 383 g/mol. The number of aryl methyl sites for hydroxylation is 2. The Morgan fingerprint density at radius 3 is 2.56 bits per heavy atom. The first-order valence-electron chi connectivity index (χ1n) is 8.64. The number of nitrogens with zero attached hydrogens (tertiary/aromatic N) is 1. The maximum absolute atomic E-state index is 10.8. The zero-order valence-corrected chi connectivity index (χ0v) is 15.7. The van der Waals surface area contributed by atoms with Crippen LogP contribution in [0.2, 0.25) is 0 Å². The van der Waals surface area contributed by atoms with E-state index in [1.165, 1.54) is 6.42 Å². The molecule has 0 unspecified atom stereocenters. The van der Waals surface area contributed by atoms with Gasteiger partial charge in [0.1, 0.15) is 4.70 Å². The summed E-state index contributed by atoms with van der Waals surface area (Å²) in [5.41, 5.74) is 1.00. The number of benzene rings is 1. The van der Waals surface area contributed by atoms with E-state index in [1.807, 2.05) is 19.1 Å². The molecule has 0 bridgehead atoms. The maximum Gasteiger partial charge on any atom is 0.251 e. The van der Waals surface area contributed by atoms with Gasteiger partial charge in [-0.25, -0.2) is 8.42 Å². The van der Waals surface area contributed by atoms with Gasteiger partial charge in [0.2, 0.25) is 10.5 Å². The molecule has 1 aromatic heterocycles. The van der Waals surface area contributed by atoms with Gasteiger partial charge in [0.15, 0.2) is 18.0 Å². The molecule has 0 radical (unpaired) electrons. The Morgan fingerprint density at radius 1 is 1.20 bits per heavy atom. The molecule has 2 heterocycles. The van der Waals surface area contributed by atoms with Gasteiger partial charge in [0.25, 0.3) is 5.79 Å². The normalized spacial score (nSPS) is 19.0. The molecule has 2 aromatic rings. The number of aromatic nitrogens is 1. The fourth-order valence-corrected chi connectivity index (χ4v) is 5.30. The largest absolute Gasteiger partial charge is 0.748 e. The lowest BCUT2D eigenvalue weighted by Gasteiger charge is -2.31. The Hall–Kier alpha value is -1.38. The molecule has 0 N–H and O–H groups in total. The summed E-state index contributed by atoms with van der Waals surface area (Å²) in [4.78, 5) is 0. The number of hydrogen-bond donors (Lipinski definition) is 0. The molecule has 0 amide bonds. The lowest BCUT2D eigenvalue weighted by Crippen LogP contribution is -2.40. The average molecular weight is 383 g/mol. The van der Waals surface area contributed by atoms with Crippen LogP contribution in [0.25, 0.3) is 10.2 Å². The van der Waals surface area contributed by atoms with Crippen molar-refractivity contribution in [3.8, 4) is 11.5 Å². The van der Waals surface area contributed by atoms with Gasteiger partial charge in [0.05, 0.1) is 16.2 Å². The van der Waals surface area contributed by atoms with E-state index in [4.69, 9.17) is 9.47 Å². The highest BCUT2D eigenvalue weighted by Gasteiger charge is 2.43. The van der Waals surface area contributed by atoms with Crippen LogP contribution in [0.1, 0.15) is 43.5 Å². The van der Waals surface area contributed by atoms with E-state index in [2.05, 4.69) is 4.57 Å². The fraction of sp³-hybridized carbons (Fsp3) is 0.588. The third-order valence-corrected chi connectivity index (χ3v) is 6.79. The molecule has 1 aliphatic carbocycles. The second kappa shape index (κ2) is 6.10. The minimum absolute atomic E-state index is 0.307. The maximum atomic E-state index is 10.8. The first-order valence-corrected chi connectivity index (χ1v) is 11.0. The molecular formula is C17H21NO5S2. The number of thiazole rings is 1. The van der Waals surface area contributed by atoms with E-state index >= 15 is 0 Å². The first-order chi connectivity index (χ1) is 11.9. The molecule has 25 heavy (non-hydrogen) atoms. The molecule has 1 spiro atoms. The summed E-state index contributed by atoms with van der Waals surface area (Å²) >= 11 is 1.64. The minimum Gasteiger partial charge on any atom is -0.748 e. The van der Waals surface area contributed by atoms with Gasteiger partial charge in [-0.1, -0.05) is 17.8 Å². The topological polar surface area (TPSA) is 79.5 Å². The molecule has 1 saturated carbocycles. The molecule has 1 aliphatic heterocycles. The van der Waals surface area contributed by atoms with Gasteiger partial charge in [-0.05, 0) is 12.8 Å². The van der Waals surface area contributed by atoms with Crippen molar-refractivity contribution in [3.63, 3.8) is 0 Å². The minimum atomic E-state index is -4.18. The lowest BCUT2D eigenvalue weighted by atomic mass is 9.94. The predicted molar refractivity (Wildman–Crippen MR) is 93.0 cm³/mol. The molecular weight excluding hydrogens is 362 g/mol. The van der Waals surface area contributed by atoms with Crippen molar-refractivity contribution in [1.29, 1.82) is 0 Å². The molecule has 1 fully saturated rings. The Labute approximate surface area is 151 Å². The summed E-state index contributed by atoms with van der Waals surface area (Å²) in [6.07, 6.45) is 5.59. The highest BCUT2D eigenvalue weighted by atomic mass is 32.2. The first kappa shape index (κ1) is 17.1. The van der Waals surface area contributed by atoms with Crippen LogP contribution >= 0.6 is 11.3 Å². The van der Waals surface area contributed by atoms with Gasteiger partial charge < -0.3 is 14.0 Å². The number of fused-ring (bicyclic) bond motifs is 2. The highest BCUT2D eigenvalue weighted by Crippen LogP contribution is 2.47. The van der Waals surface area contributed by atoms with E-state index in [9.17, 15) is 13.0 Å². The molecule has 0 atom stereocenters.